The van der Waals surface area contributed by atoms with Gasteiger partial charge in [0.15, 0.2) is 5.69 Å². The highest BCUT2D eigenvalue weighted by atomic mass is 35.5. The van der Waals surface area contributed by atoms with Crippen molar-refractivity contribution in [3.05, 3.63) is 77.9 Å². The van der Waals surface area contributed by atoms with Gasteiger partial charge in [0.1, 0.15) is 0 Å². The number of alkyl halides is 3. The van der Waals surface area contributed by atoms with Crippen LogP contribution in [0.25, 0.3) is 5.69 Å². The zero-order chi connectivity index (χ0) is 19.6. The van der Waals surface area contributed by atoms with E-state index in [1.807, 2.05) is 24.4 Å². The maximum Gasteiger partial charge on any atom is 0.435 e. The average Bonchev–Trinajstić information content (AvgIpc) is 3.21. The van der Waals surface area contributed by atoms with Crippen LogP contribution in [-0.2, 0) is 12.7 Å². The van der Waals surface area contributed by atoms with Gasteiger partial charge in [-0.1, -0.05) is 18.2 Å². The van der Waals surface area contributed by atoms with Crippen LogP contribution in [0.5, 0.6) is 0 Å². The van der Waals surface area contributed by atoms with Crippen molar-refractivity contribution in [2.75, 3.05) is 19.6 Å². The lowest BCUT2D eigenvalue weighted by Crippen LogP contribution is -2.45. The molecule has 1 unspecified atom stereocenters. The van der Waals surface area contributed by atoms with Gasteiger partial charge in [-0.3, -0.25) is 9.88 Å². The Morgan fingerprint density at radius 1 is 1.10 bits per heavy atom. The standard InChI is InChI=1S/C20H20F3N5.ClH/c21-20(22,23)19-7-10-28(26-19)17-5-3-15(4-6-17)14-27-11-9-25-13-18(27)16-2-1-8-24-12-16;/h1-8,10,12,18,25H,9,11,13-14H2;1H. The van der Waals surface area contributed by atoms with Gasteiger partial charge < -0.3 is 5.32 Å². The summed E-state index contributed by atoms with van der Waals surface area (Å²) in [5, 5.41) is 7.04. The molecule has 0 spiro atoms. The number of nitrogens with one attached hydrogen (secondary N) is 1. The molecular formula is C20H21ClF3N5. The van der Waals surface area contributed by atoms with Crippen molar-refractivity contribution in [1.82, 2.24) is 25.0 Å². The van der Waals surface area contributed by atoms with Crippen LogP contribution in [0.15, 0.2) is 61.1 Å². The second-order valence-electron chi connectivity index (χ2n) is 6.79. The molecule has 154 valence electrons. The summed E-state index contributed by atoms with van der Waals surface area (Å²) >= 11 is 0. The lowest BCUT2D eigenvalue weighted by Gasteiger charge is -2.36. The summed E-state index contributed by atoms with van der Waals surface area (Å²) in [4.78, 5) is 6.61. The molecule has 1 aliphatic rings. The second-order valence-corrected chi connectivity index (χ2v) is 6.79. The van der Waals surface area contributed by atoms with Crippen LogP contribution in [0.3, 0.4) is 0 Å². The predicted octanol–water partition coefficient (Wildman–Crippen LogP) is 3.85. The number of benzene rings is 1. The first kappa shape index (κ1) is 21.3. The summed E-state index contributed by atoms with van der Waals surface area (Å²) in [7, 11) is 0. The summed E-state index contributed by atoms with van der Waals surface area (Å²) in [6.07, 6.45) is 0.549. The van der Waals surface area contributed by atoms with Gasteiger partial charge in [0.05, 0.1) is 5.69 Å². The summed E-state index contributed by atoms with van der Waals surface area (Å²) < 4.78 is 39.4. The van der Waals surface area contributed by atoms with E-state index in [-0.39, 0.29) is 18.4 Å². The number of pyridine rings is 1. The average molecular weight is 424 g/mol. The molecule has 1 aliphatic heterocycles. The molecule has 1 N–H and O–H groups in total. The molecule has 4 rings (SSSR count). The van der Waals surface area contributed by atoms with E-state index in [9.17, 15) is 13.2 Å². The van der Waals surface area contributed by atoms with Gasteiger partial charge in [-0.25, -0.2) is 4.68 Å². The lowest BCUT2D eigenvalue weighted by atomic mass is 10.0. The van der Waals surface area contributed by atoms with Crippen molar-refractivity contribution < 1.29 is 13.2 Å². The third kappa shape index (κ3) is 4.95. The minimum Gasteiger partial charge on any atom is -0.314 e. The molecule has 1 aromatic carbocycles. The van der Waals surface area contributed by atoms with Crippen LogP contribution in [0.1, 0.15) is 22.9 Å². The molecule has 9 heteroatoms. The molecule has 0 aliphatic carbocycles. The second kappa shape index (κ2) is 8.94. The van der Waals surface area contributed by atoms with E-state index in [0.29, 0.717) is 5.69 Å². The highest BCUT2D eigenvalue weighted by Crippen LogP contribution is 2.28. The monoisotopic (exact) mass is 423 g/mol. The summed E-state index contributed by atoms with van der Waals surface area (Å²) in [6.45, 7) is 3.45. The Morgan fingerprint density at radius 2 is 1.90 bits per heavy atom. The van der Waals surface area contributed by atoms with Crippen molar-refractivity contribution in [2.45, 2.75) is 18.8 Å². The maximum atomic E-state index is 12.7. The van der Waals surface area contributed by atoms with Gasteiger partial charge in [-0.15, -0.1) is 12.4 Å². The van der Waals surface area contributed by atoms with Crippen LogP contribution in [0.2, 0.25) is 0 Å². The summed E-state index contributed by atoms with van der Waals surface area (Å²) in [5.74, 6) is 0. The Hall–Kier alpha value is -2.42. The number of hydrogen-bond donors (Lipinski definition) is 1. The quantitative estimate of drug-likeness (QED) is 0.692. The maximum absolute atomic E-state index is 12.7. The summed E-state index contributed by atoms with van der Waals surface area (Å²) in [5.41, 5.74) is 1.98. The molecule has 1 fully saturated rings. The third-order valence-electron chi connectivity index (χ3n) is 4.89. The zero-order valence-electron chi connectivity index (χ0n) is 15.5. The van der Waals surface area contributed by atoms with E-state index >= 15 is 0 Å². The van der Waals surface area contributed by atoms with Crippen molar-refractivity contribution in [3.8, 4) is 5.69 Å². The Balaban J connectivity index is 0.00000240. The molecule has 29 heavy (non-hydrogen) atoms. The SMILES string of the molecule is Cl.FC(F)(F)c1ccn(-c2ccc(CN3CCNCC3c3cccnc3)cc2)n1. The fourth-order valence-electron chi connectivity index (χ4n) is 3.44. The van der Waals surface area contributed by atoms with Gasteiger partial charge in [-0.2, -0.15) is 18.3 Å². The van der Waals surface area contributed by atoms with Crippen molar-refractivity contribution in [2.24, 2.45) is 0 Å². The third-order valence-corrected chi connectivity index (χ3v) is 4.89. The van der Waals surface area contributed by atoms with Gasteiger partial charge in [0.25, 0.3) is 0 Å². The van der Waals surface area contributed by atoms with Crippen LogP contribution < -0.4 is 5.32 Å². The largest absolute Gasteiger partial charge is 0.435 e. The van der Waals surface area contributed by atoms with Crippen molar-refractivity contribution in [3.63, 3.8) is 0 Å². The van der Waals surface area contributed by atoms with Crippen LogP contribution in [0.4, 0.5) is 13.2 Å². The number of hydrogen-bond acceptors (Lipinski definition) is 4. The van der Waals surface area contributed by atoms with E-state index in [0.717, 1.165) is 37.8 Å². The molecule has 0 radical (unpaired) electrons. The van der Waals surface area contributed by atoms with Crippen LogP contribution >= 0.6 is 12.4 Å². The van der Waals surface area contributed by atoms with Crippen LogP contribution in [0, 0.1) is 0 Å². The zero-order valence-corrected chi connectivity index (χ0v) is 16.3. The lowest BCUT2D eigenvalue weighted by molar-refractivity contribution is -0.141. The molecule has 2 aromatic heterocycles. The van der Waals surface area contributed by atoms with E-state index in [2.05, 4.69) is 26.4 Å². The molecular weight excluding hydrogens is 403 g/mol. The Morgan fingerprint density at radius 3 is 2.55 bits per heavy atom. The fraction of sp³-hybridized carbons (Fsp3) is 0.300. The summed E-state index contributed by atoms with van der Waals surface area (Å²) in [6, 6.07) is 12.7. The first-order chi connectivity index (χ1) is 13.5. The Labute approximate surface area is 173 Å². The Kier molecular flexibility index (Phi) is 6.56. The highest BCUT2D eigenvalue weighted by molar-refractivity contribution is 5.85. The highest BCUT2D eigenvalue weighted by Gasteiger charge is 2.33. The molecule has 1 saturated heterocycles. The number of rotatable bonds is 4. The van der Waals surface area contributed by atoms with Gasteiger partial charge in [-0.05, 0) is 35.4 Å². The first-order valence-corrected chi connectivity index (χ1v) is 9.07. The molecule has 5 nitrogen and oxygen atoms in total. The fourth-order valence-corrected chi connectivity index (χ4v) is 3.44. The molecule has 0 amide bonds. The number of nitrogens with zero attached hydrogens (tertiary/aromatic N) is 4. The van der Waals surface area contributed by atoms with E-state index in [1.54, 1.807) is 18.3 Å². The number of halogens is 4. The Bertz CT molecular complexity index is 912. The minimum atomic E-state index is -4.44. The molecule has 3 aromatic rings. The van der Waals surface area contributed by atoms with Gasteiger partial charge >= 0.3 is 6.18 Å². The van der Waals surface area contributed by atoms with E-state index in [1.165, 1.54) is 16.4 Å². The molecule has 0 bridgehead atoms. The molecule has 0 saturated carbocycles. The van der Waals surface area contributed by atoms with Crippen LogP contribution in [-0.4, -0.2) is 39.3 Å². The van der Waals surface area contributed by atoms with E-state index in [4.69, 9.17) is 0 Å². The van der Waals surface area contributed by atoms with Crippen molar-refractivity contribution in [1.29, 1.82) is 0 Å². The number of aromatic nitrogens is 3. The van der Waals surface area contributed by atoms with E-state index < -0.39 is 11.9 Å². The number of piperazine rings is 1. The predicted molar refractivity (Wildman–Crippen MR) is 106 cm³/mol. The normalized spacial score (nSPS) is 17.7. The topological polar surface area (TPSA) is 46.0 Å². The minimum absolute atomic E-state index is 0. The van der Waals surface area contributed by atoms with Gasteiger partial charge in [0, 0.05) is 50.8 Å². The smallest absolute Gasteiger partial charge is 0.314 e. The van der Waals surface area contributed by atoms with Gasteiger partial charge in [0.2, 0.25) is 0 Å². The first-order valence-electron chi connectivity index (χ1n) is 9.07. The molecule has 1 atom stereocenters. The van der Waals surface area contributed by atoms with Crippen molar-refractivity contribution >= 4 is 12.4 Å². The molecule has 3 heterocycles.